The molecule has 0 amide bonds. The Labute approximate surface area is 129 Å². The van der Waals surface area contributed by atoms with Gasteiger partial charge in [-0.25, -0.2) is 0 Å². The van der Waals surface area contributed by atoms with Gasteiger partial charge in [-0.2, -0.15) is 0 Å². The summed E-state index contributed by atoms with van der Waals surface area (Å²) in [6, 6.07) is 4.81. The van der Waals surface area contributed by atoms with Crippen LogP contribution >= 0.6 is 0 Å². The van der Waals surface area contributed by atoms with Crippen LogP contribution in [-0.2, 0) is 6.42 Å². The van der Waals surface area contributed by atoms with E-state index in [1.807, 2.05) is 13.1 Å². The lowest BCUT2D eigenvalue weighted by molar-refractivity contribution is 0.350. The summed E-state index contributed by atoms with van der Waals surface area (Å²) in [5.41, 5.74) is 11.6. The first-order valence-electron chi connectivity index (χ1n) is 7.96. The second kappa shape index (κ2) is 6.00. The number of nitrogen functional groups attached to an aromatic ring is 1. The van der Waals surface area contributed by atoms with E-state index in [4.69, 9.17) is 5.73 Å². The summed E-state index contributed by atoms with van der Waals surface area (Å²) in [6.45, 7) is 14.5. The van der Waals surface area contributed by atoms with E-state index >= 15 is 0 Å². The highest BCUT2D eigenvalue weighted by molar-refractivity contribution is 5.77. The van der Waals surface area contributed by atoms with Crippen LogP contribution < -0.4 is 11.1 Å². The van der Waals surface area contributed by atoms with Crippen LogP contribution in [0.25, 0.3) is 5.70 Å². The molecule has 0 aliphatic carbocycles. The number of hydrogen-bond acceptors (Lipinski definition) is 3. The topological polar surface area (TPSA) is 41.3 Å². The van der Waals surface area contributed by atoms with Crippen LogP contribution in [0.15, 0.2) is 18.7 Å². The van der Waals surface area contributed by atoms with Crippen molar-refractivity contribution in [3.63, 3.8) is 0 Å². The molecule has 0 saturated carbocycles. The molecule has 3 nitrogen and oxygen atoms in total. The highest BCUT2D eigenvalue weighted by Crippen LogP contribution is 2.36. The second-order valence-electron chi connectivity index (χ2n) is 6.38. The molecule has 0 radical (unpaired) electrons. The van der Waals surface area contributed by atoms with Crippen LogP contribution in [0.2, 0.25) is 0 Å². The van der Waals surface area contributed by atoms with Gasteiger partial charge in [0.25, 0.3) is 0 Å². The summed E-state index contributed by atoms with van der Waals surface area (Å²) in [5.74, 6) is 1.40. The number of likely N-dealkylation sites (tertiary alicyclic amines) is 1. The molecule has 1 aliphatic heterocycles. The third-order valence-corrected chi connectivity index (χ3v) is 5.20. The summed E-state index contributed by atoms with van der Waals surface area (Å²) >= 11 is 0. The van der Waals surface area contributed by atoms with Crippen LogP contribution in [-0.4, -0.2) is 24.5 Å². The van der Waals surface area contributed by atoms with Gasteiger partial charge in [0, 0.05) is 25.3 Å². The molecule has 0 spiro atoms. The molecular formula is C18H29N3. The first-order chi connectivity index (χ1) is 9.90. The van der Waals surface area contributed by atoms with E-state index in [1.165, 1.54) is 5.56 Å². The van der Waals surface area contributed by atoms with Gasteiger partial charge in [0.2, 0.25) is 0 Å². The fourth-order valence-corrected chi connectivity index (χ4v) is 3.40. The van der Waals surface area contributed by atoms with Crippen LogP contribution in [0.4, 0.5) is 11.4 Å². The summed E-state index contributed by atoms with van der Waals surface area (Å²) in [5, 5.41) is 3.21. The molecule has 116 valence electrons. The lowest BCUT2D eigenvalue weighted by atomic mass is 9.95. The molecule has 1 saturated heterocycles. The molecule has 0 aromatic heterocycles. The Bertz CT molecular complexity index is 536. The van der Waals surface area contributed by atoms with E-state index in [2.05, 4.69) is 50.6 Å². The Balaban J connectivity index is 2.34. The first-order valence-corrected chi connectivity index (χ1v) is 7.96. The summed E-state index contributed by atoms with van der Waals surface area (Å²) < 4.78 is 0. The maximum absolute atomic E-state index is 6.21. The molecule has 1 heterocycles. The number of nitrogens with zero attached hydrogens (tertiary/aromatic N) is 1. The predicted molar refractivity (Wildman–Crippen MR) is 93.3 cm³/mol. The number of nitrogens with one attached hydrogen (secondary N) is 1. The number of anilines is 2. The van der Waals surface area contributed by atoms with Gasteiger partial charge in [0.05, 0.1) is 11.4 Å². The van der Waals surface area contributed by atoms with E-state index in [0.29, 0.717) is 17.9 Å². The number of aryl methyl sites for hydroxylation is 1. The van der Waals surface area contributed by atoms with Crippen molar-refractivity contribution in [1.82, 2.24) is 4.90 Å². The molecular weight excluding hydrogens is 258 g/mol. The largest absolute Gasteiger partial charge is 0.397 e. The Hall–Kier alpha value is -1.64. The van der Waals surface area contributed by atoms with Crippen molar-refractivity contribution in [2.45, 2.75) is 40.2 Å². The van der Waals surface area contributed by atoms with Crippen LogP contribution in [0, 0.1) is 11.8 Å². The molecule has 1 fully saturated rings. The van der Waals surface area contributed by atoms with E-state index < -0.39 is 0 Å². The summed E-state index contributed by atoms with van der Waals surface area (Å²) in [7, 11) is 1.92. The van der Waals surface area contributed by atoms with Crippen molar-refractivity contribution in [1.29, 1.82) is 0 Å². The normalized spacial score (nSPS) is 25.2. The fraction of sp³-hybridized carbons (Fsp3) is 0.556. The smallest absolute Gasteiger partial charge is 0.0604 e. The molecule has 2 rings (SSSR count). The highest BCUT2D eigenvalue weighted by Gasteiger charge is 2.34. The lowest BCUT2D eigenvalue weighted by Crippen LogP contribution is -2.27. The lowest BCUT2D eigenvalue weighted by Gasteiger charge is -2.28. The van der Waals surface area contributed by atoms with Gasteiger partial charge < -0.3 is 16.0 Å². The average Bonchev–Trinajstić information content (AvgIpc) is 2.73. The molecule has 1 aromatic rings. The third-order valence-electron chi connectivity index (χ3n) is 5.20. The second-order valence-corrected chi connectivity index (χ2v) is 6.38. The quantitative estimate of drug-likeness (QED) is 0.827. The molecule has 3 N–H and O–H groups in total. The number of hydrogen-bond donors (Lipinski definition) is 2. The minimum absolute atomic E-state index is 0.530. The van der Waals surface area contributed by atoms with Gasteiger partial charge in [-0.3, -0.25) is 0 Å². The van der Waals surface area contributed by atoms with E-state index in [0.717, 1.165) is 35.6 Å². The Morgan fingerprint density at radius 1 is 1.38 bits per heavy atom. The summed E-state index contributed by atoms with van der Waals surface area (Å²) in [4.78, 5) is 2.43. The average molecular weight is 287 g/mol. The van der Waals surface area contributed by atoms with Crippen molar-refractivity contribution in [2.24, 2.45) is 11.8 Å². The molecule has 21 heavy (non-hydrogen) atoms. The Morgan fingerprint density at radius 2 is 2.05 bits per heavy atom. The monoisotopic (exact) mass is 287 g/mol. The number of nitrogens with two attached hydrogens (primary N) is 1. The van der Waals surface area contributed by atoms with Gasteiger partial charge in [-0.15, -0.1) is 0 Å². The minimum Gasteiger partial charge on any atom is -0.397 e. The van der Waals surface area contributed by atoms with Crippen molar-refractivity contribution >= 4 is 17.1 Å². The van der Waals surface area contributed by atoms with Gasteiger partial charge in [0.15, 0.2) is 0 Å². The molecule has 1 aromatic carbocycles. The maximum Gasteiger partial charge on any atom is 0.0604 e. The fourth-order valence-electron chi connectivity index (χ4n) is 3.40. The molecule has 3 heteroatoms. The molecule has 0 bridgehead atoms. The maximum atomic E-state index is 6.21. The third kappa shape index (κ3) is 2.74. The van der Waals surface area contributed by atoms with Crippen molar-refractivity contribution < 1.29 is 0 Å². The minimum atomic E-state index is 0.530. The van der Waals surface area contributed by atoms with Crippen molar-refractivity contribution in [3.05, 3.63) is 29.8 Å². The van der Waals surface area contributed by atoms with Crippen molar-refractivity contribution in [3.8, 4) is 0 Å². The van der Waals surface area contributed by atoms with Crippen LogP contribution in [0.1, 0.15) is 38.8 Å². The predicted octanol–water partition coefficient (Wildman–Crippen LogP) is 3.82. The van der Waals surface area contributed by atoms with Gasteiger partial charge in [-0.1, -0.05) is 27.4 Å². The summed E-state index contributed by atoms with van der Waals surface area (Å²) in [6.07, 6.45) is 0.962. The van der Waals surface area contributed by atoms with E-state index in [-0.39, 0.29) is 0 Å². The number of benzene rings is 1. The van der Waals surface area contributed by atoms with E-state index in [1.54, 1.807) is 0 Å². The van der Waals surface area contributed by atoms with Gasteiger partial charge in [0.1, 0.15) is 0 Å². The van der Waals surface area contributed by atoms with Gasteiger partial charge >= 0.3 is 0 Å². The zero-order chi connectivity index (χ0) is 15.7. The molecule has 3 unspecified atom stereocenters. The van der Waals surface area contributed by atoms with Gasteiger partial charge in [-0.05, 0) is 48.4 Å². The molecule has 1 aliphatic rings. The Kier molecular flexibility index (Phi) is 4.50. The molecule has 3 atom stereocenters. The first kappa shape index (κ1) is 15.7. The zero-order valence-electron chi connectivity index (χ0n) is 14.0. The van der Waals surface area contributed by atoms with E-state index in [9.17, 15) is 0 Å². The van der Waals surface area contributed by atoms with Crippen molar-refractivity contribution in [2.75, 3.05) is 24.6 Å². The highest BCUT2D eigenvalue weighted by atomic mass is 15.2. The van der Waals surface area contributed by atoms with Crippen LogP contribution in [0.3, 0.4) is 0 Å². The Morgan fingerprint density at radius 3 is 2.52 bits per heavy atom. The number of rotatable bonds is 4. The SMILES string of the molecule is C=C(c1cc(N)c(NC)c(CC)c1)N1CC(C)C(C)C1C. The van der Waals surface area contributed by atoms with Crippen LogP contribution in [0.5, 0.6) is 0 Å². The standard InChI is InChI=1S/C18H29N3/c1-7-15-8-16(9-17(19)18(15)20-6)14(5)21-10-11(2)12(3)13(21)4/h8-9,11-13,20H,5,7,10,19H2,1-4,6H3. The zero-order valence-corrected chi connectivity index (χ0v) is 14.0.